The van der Waals surface area contributed by atoms with Crippen LogP contribution in [0.5, 0.6) is 5.75 Å². The first-order valence-corrected chi connectivity index (χ1v) is 10.1. The normalized spacial score (nSPS) is 10.4. The maximum Gasteiger partial charge on any atom is 0.247 e. The van der Waals surface area contributed by atoms with E-state index >= 15 is 0 Å². The summed E-state index contributed by atoms with van der Waals surface area (Å²) >= 11 is 1.53. The molecule has 0 aliphatic heterocycles. The van der Waals surface area contributed by atoms with Gasteiger partial charge in [0.2, 0.25) is 5.91 Å². The molecular formula is C24H19N3O2S. The highest BCUT2D eigenvalue weighted by molar-refractivity contribution is 7.18. The number of nitrogens with one attached hydrogen (secondary N) is 2. The maximum absolute atomic E-state index is 11.7. The summed E-state index contributed by atoms with van der Waals surface area (Å²) in [5.74, 6) is 6.09. The second-order valence-corrected chi connectivity index (χ2v) is 7.86. The molecule has 0 fully saturated rings. The Labute approximate surface area is 178 Å². The van der Waals surface area contributed by atoms with E-state index in [0.717, 1.165) is 37.4 Å². The number of phenols is 1. The lowest BCUT2D eigenvalue weighted by atomic mass is 10.1. The fourth-order valence-corrected chi connectivity index (χ4v) is 4.13. The van der Waals surface area contributed by atoms with Crippen LogP contribution in [-0.2, 0) is 4.79 Å². The standard InChI is InChI=1S/C24H19N3O2S/c1-3-23(29)27-20-11-5-8-17-18(20)9-4-10-19(17)25-12-6-7-16-13-21(28)24-22(14-16)30-15(2)26-24/h3-5,8-11,13-14,25,28H,1,12H2,2H3,(H,27,29). The largest absolute Gasteiger partial charge is 0.506 e. The molecule has 3 aromatic carbocycles. The molecule has 1 aromatic heterocycles. The number of thiazole rings is 1. The first-order valence-electron chi connectivity index (χ1n) is 9.33. The number of aromatic hydroxyl groups is 1. The highest BCUT2D eigenvalue weighted by Gasteiger charge is 2.07. The molecule has 1 heterocycles. The first kappa shape index (κ1) is 19.5. The van der Waals surface area contributed by atoms with Crippen molar-refractivity contribution in [2.45, 2.75) is 6.92 Å². The van der Waals surface area contributed by atoms with Gasteiger partial charge in [-0.1, -0.05) is 42.7 Å². The molecule has 0 atom stereocenters. The quantitative estimate of drug-likeness (QED) is 0.323. The Hall–Kier alpha value is -3.82. The van der Waals surface area contributed by atoms with Crippen molar-refractivity contribution >= 4 is 49.6 Å². The van der Waals surface area contributed by atoms with Crippen molar-refractivity contribution in [2.75, 3.05) is 17.2 Å². The first-order chi connectivity index (χ1) is 14.5. The van der Waals surface area contributed by atoms with Crippen LogP contribution in [0, 0.1) is 18.8 Å². The Morgan fingerprint density at radius 1 is 1.20 bits per heavy atom. The molecule has 0 saturated carbocycles. The highest BCUT2D eigenvalue weighted by atomic mass is 32.1. The predicted octanol–water partition coefficient (Wildman–Crippen LogP) is 5.05. The Bertz CT molecular complexity index is 1350. The van der Waals surface area contributed by atoms with Crippen LogP contribution < -0.4 is 10.6 Å². The molecule has 6 heteroatoms. The van der Waals surface area contributed by atoms with E-state index in [0.29, 0.717) is 12.1 Å². The molecule has 1 amide bonds. The van der Waals surface area contributed by atoms with E-state index in [-0.39, 0.29) is 11.7 Å². The SMILES string of the molecule is C=CC(=O)Nc1cccc2c(NCC#Cc3cc(O)c4nc(C)sc4c3)cccc12. The lowest BCUT2D eigenvalue weighted by Gasteiger charge is -2.11. The van der Waals surface area contributed by atoms with Crippen LogP contribution in [-0.4, -0.2) is 22.5 Å². The van der Waals surface area contributed by atoms with Crippen LogP contribution in [0.15, 0.2) is 61.2 Å². The summed E-state index contributed by atoms with van der Waals surface area (Å²) in [4.78, 5) is 16.0. The maximum atomic E-state index is 11.7. The van der Waals surface area contributed by atoms with Gasteiger partial charge in [0.15, 0.2) is 0 Å². The second kappa shape index (κ2) is 8.27. The van der Waals surface area contributed by atoms with Gasteiger partial charge in [0, 0.05) is 27.7 Å². The summed E-state index contributed by atoms with van der Waals surface area (Å²) < 4.78 is 0.924. The van der Waals surface area contributed by atoms with E-state index < -0.39 is 0 Å². The van der Waals surface area contributed by atoms with Gasteiger partial charge in [-0.25, -0.2) is 4.98 Å². The smallest absolute Gasteiger partial charge is 0.247 e. The van der Waals surface area contributed by atoms with Gasteiger partial charge in [0.25, 0.3) is 0 Å². The van der Waals surface area contributed by atoms with Crippen molar-refractivity contribution in [1.82, 2.24) is 4.98 Å². The van der Waals surface area contributed by atoms with Crippen molar-refractivity contribution in [2.24, 2.45) is 0 Å². The van der Waals surface area contributed by atoms with Gasteiger partial charge >= 0.3 is 0 Å². The number of anilines is 2. The van der Waals surface area contributed by atoms with Crippen molar-refractivity contribution in [3.8, 4) is 17.6 Å². The third-order valence-electron chi connectivity index (χ3n) is 4.55. The Morgan fingerprint density at radius 3 is 2.70 bits per heavy atom. The van der Waals surface area contributed by atoms with E-state index in [1.807, 2.05) is 49.4 Å². The highest BCUT2D eigenvalue weighted by Crippen LogP contribution is 2.30. The molecule has 0 unspecified atom stereocenters. The number of benzene rings is 3. The van der Waals surface area contributed by atoms with E-state index in [1.54, 1.807) is 6.07 Å². The monoisotopic (exact) mass is 413 g/mol. The van der Waals surface area contributed by atoms with Gasteiger partial charge in [-0.05, 0) is 37.3 Å². The minimum Gasteiger partial charge on any atom is -0.506 e. The van der Waals surface area contributed by atoms with Gasteiger partial charge in [-0.2, -0.15) is 0 Å². The molecule has 0 saturated heterocycles. The lowest BCUT2D eigenvalue weighted by Crippen LogP contribution is -2.07. The average Bonchev–Trinajstić information content (AvgIpc) is 3.12. The molecule has 3 N–H and O–H groups in total. The van der Waals surface area contributed by atoms with Gasteiger partial charge in [-0.3, -0.25) is 4.79 Å². The van der Waals surface area contributed by atoms with Crippen LogP contribution in [0.25, 0.3) is 21.0 Å². The summed E-state index contributed by atoms with van der Waals surface area (Å²) in [6.45, 7) is 5.84. The number of rotatable bonds is 4. The number of fused-ring (bicyclic) bond motifs is 2. The lowest BCUT2D eigenvalue weighted by molar-refractivity contribution is -0.111. The van der Waals surface area contributed by atoms with Crippen LogP contribution in [0.4, 0.5) is 11.4 Å². The average molecular weight is 414 g/mol. The molecule has 5 nitrogen and oxygen atoms in total. The zero-order valence-electron chi connectivity index (χ0n) is 16.3. The minimum atomic E-state index is -0.247. The van der Waals surface area contributed by atoms with Crippen LogP contribution >= 0.6 is 11.3 Å². The predicted molar refractivity (Wildman–Crippen MR) is 124 cm³/mol. The Kier molecular flexibility index (Phi) is 5.38. The molecular weight excluding hydrogens is 394 g/mol. The molecule has 30 heavy (non-hydrogen) atoms. The summed E-state index contributed by atoms with van der Waals surface area (Å²) in [6.07, 6.45) is 1.25. The number of aryl methyl sites for hydroxylation is 1. The number of amides is 1. The number of aromatic nitrogens is 1. The van der Waals surface area contributed by atoms with Crippen molar-refractivity contribution in [3.05, 3.63) is 71.8 Å². The van der Waals surface area contributed by atoms with Crippen LogP contribution in [0.3, 0.4) is 0 Å². The fraction of sp³-hybridized carbons (Fsp3) is 0.0833. The fourth-order valence-electron chi connectivity index (χ4n) is 3.24. The number of hydrogen-bond acceptors (Lipinski definition) is 5. The van der Waals surface area contributed by atoms with Crippen molar-refractivity contribution in [1.29, 1.82) is 0 Å². The van der Waals surface area contributed by atoms with E-state index in [1.165, 1.54) is 17.4 Å². The van der Waals surface area contributed by atoms with Gasteiger partial charge in [-0.15, -0.1) is 11.3 Å². The number of nitrogens with zero attached hydrogens (tertiary/aromatic N) is 1. The number of phenolic OH excluding ortho intramolecular Hbond substituents is 1. The van der Waals surface area contributed by atoms with Gasteiger partial charge in [0.05, 0.1) is 16.3 Å². The molecule has 148 valence electrons. The third kappa shape index (κ3) is 3.97. The molecule has 0 spiro atoms. The molecule has 4 aromatic rings. The zero-order valence-corrected chi connectivity index (χ0v) is 17.1. The van der Waals surface area contributed by atoms with Gasteiger partial charge in [0.1, 0.15) is 11.3 Å². The molecule has 0 bridgehead atoms. The van der Waals surface area contributed by atoms with E-state index in [2.05, 4.69) is 34.0 Å². The van der Waals surface area contributed by atoms with Crippen LogP contribution in [0.2, 0.25) is 0 Å². The number of carbonyl (C=O) groups excluding carboxylic acids is 1. The Morgan fingerprint density at radius 2 is 1.93 bits per heavy atom. The summed E-state index contributed by atoms with van der Waals surface area (Å²) in [5.41, 5.74) is 3.03. The van der Waals surface area contributed by atoms with Crippen molar-refractivity contribution < 1.29 is 9.90 Å². The molecule has 0 aliphatic rings. The number of carbonyl (C=O) groups is 1. The van der Waals surface area contributed by atoms with E-state index in [4.69, 9.17) is 0 Å². The second-order valence-electron chi connectivity index (χ2n) is 6.63. The molecule has 0 radical (unpaired) electrons. The minimum absolute atomic E-state index is 0.150. The Balaban J connectivity index is 1.54. The summed E-state index contributed by atoms with van der Waals surface area (Å²) in [5, 5.41) is 19.1. The van der Waals surface area contributed by atoms with Crippen molar-refractivity contribution in [3.63, 3.8) is 0 Å². The number of hydrogen-bond donors (Lipinski definition) is 3. The molecule has 0 aliphatic carbocycles. The van der Waals surface area contributed by atoms with Crippen LogP contribution in [0.1, 0.15) is 10.6 Å². The van der Waals surface area contributed by atoms with E-state index in [9.17, 15) is 9.90 Å². The zero-order chi connectivity index (χ0) is 21.1. The third-order valence-corrected chi connectivity index (χ3v) is 5.46. The topological polar surface area (TPSA) is 74.2 Å². The summed E-state index contributed by atoms with van der Waals surface area (Å²) in [6, 6.07) is 15.2. The van der Waals surface area contributed by atoms with Gasteiger partial charge < -0.3 is 15.7 Å². The summed E-state index contributed by atoms with van der Waals surface area (Å²) in [7, 11) is 0. The molecule has 4 rings (SSSR count).